The maximum Gasteiger partial charge on any atom is 0.151 e. The molecule has 0 aliphatic carbocycles. The molecule has 0 saturated heterocycles. The second-order valence-electron chi connectivity index (χ2n) is 4.56. The first-order valence-corrected chi connectivity index (χ1v) is 5.76. The van der Waals surface area contributed by atoms with Crippen molar-refractivity contribution in [3.05, 3.63) is 23.0 Å². The molecule has 1 aromatic heterocycles. The summed E-state index contributed by atoms with van der Waals surface area (Å²) in [5.74, 6) is 0.567. The summed E-state index contributed by atoms with van der Waals surface area (Å²) in [4.78, 5) is 10.8. The second kappa shape index (κ2) is 5.85. The number of aryl methyl sites for hydroxylation is 1. The van der Waals surface area contributed by atoms with Crippen LogP contribution in [0, 0.1) is 19.8 Å². The molecule has 0 bridgehead atoms. The first-order chi connectivity index (χ1) is 7.56. The van der Waals surface area contributed by atoms with Crippen LogP contribution in [0.25, 0.3) is 0 Å². The third kappa shape index (κ3) is 3.20. The van der Waals surface area contributed by atoms with Gasteiger partial charge in [0.1, 0.15) is 0 Å². The predicted octanol–water partition coefficient (Wildman–Crippen LogP) is 2.59. The third-order valence-corrected chi connectivity index (χ3v) is 2.65. The lowest BCUT2D eigenvalue weighted by Gasteiger charge is -2.11. The van der Waals surface area contributed by atoms with Gasteiger partial charge in [-0.1, -0.05) is 13.8 Å². The Labute approximate surface area is 97.4 Å². The number of ether oxygens (including phenoxy) is 1. The van der Waals surface area contributed by atoms with E-state index in [1.165, 1.54) is 0 Å². The summed E-state index contributed by atoms with van der Waals surface area (Å²) in [6.45, 7) is 10.6. The molecular weight excluding hydrogens is 202 g/mol. The van der Waals surface area contributed by atoms with E-state index in [4.69, 9.17) is 4.74 Å². The number of hydrogen-bond acceptors (Lipinski definition) is 2. The SMILES string of the molecule is Cc1cc(C=O)c(C)n1CCOCC(C)C. The van der Waals surface area contributed by atoms with Gasteiger partial charge in [0, 0.05) is 30.1 Å². The van der Waals surface area contributed by atoms with Gasteiger partial charge in [0.25, 0.3) is 0 Å². The van der Waals surface area contributed by atoms with Crippen molar-refractivity contribution in [1.29, 1.82) is 0 Å². The molecule has 0 fully saturated rings. The predicted molar refractivity (Wildman–Crippen MR) is 65.0 cm³/mol. The van der Waals surface area contributed by atoms with Crippen molar-refractivity contribution in [3.8, 4) is 0 Å². The maximum absolute atomic E-state index is 10.8. The standard InChI is InChI=1S/C13H21NO2/c1-10(2)9-16-6-5-14-11(3)7-13(8-15)12(14)4/h7-8,10H,5-6,9H2,1-4H3. The van der Waals surface area contributed by atoms with Crippen molar-refractivity contribution in [3.63, 3.8) is 0 Å². The first kappa shape index (κ1) is 13.0. The Morgan fingerprint density at radius 2 is 2.12 bits per heavy atom. The molecule has 0 aliphatic rings. The molecule has 0 spiro atoms. The van der Waals surface area contributed by atoms with Gasteiger partial charge in [-0.3, -0.25) is 4.79 Å². The van der Waals surface area contributed by atoms with Gasteiger partial charge in [-0.2, -0.15) is 0 Å². The van der Waals surface area contributed by atoms with Crippen LogP contribution in [0.4, 0.5) is 0 Å². The molecule has 16 heavy (non-hydrogen) atoms. The normalized spacial score (nSPS) is 11.1. The van der Waals surface area contributed by atoms with Crippen LogP contribution in [0.5, 0.6) is 0 Å². The fourth-order valence-corrected chi connectivity index (χ4v) is 1.77. The number of aldehydes is 1. The zero-order chi connectivity index (χ0) is 12.1. The Balaban J connectivity index is 2.53. The van der Waals surface area contributed by atoms with Gasteiger partial charge in [-0.25, -0.2) is 0 Å². The minimum Gasteiger partial charge on any atom is -0.379 e. The largest absolute Gasteiger partial charge is 0.379 e. The van der Waals surface area contributed by atoms with Crippen LogP contribution >= 0.6 is 0 Å². The zero-order valence-electron chi connectivity index (χ0n) is 10.6. The highest BCUT2D eigenvalue weighted by Gasteiger charge is 2.07. The smallest absolute Gasteiger partial charge is 0.151 e. The van der Waals surface area contributed by atoms with Crippen LogP contribution in [-0.4, -0.2) is 24.1 Å². The molecule has 0 unspecified atom stereocenters. The van der Waals surface area contributed by atoms with Crippen LogP contribution < -0.4 is 0 Å². The van der Waals surface area contributed by atoms with Crippen LogP contribution in [0.15, 0.2) is 6.07 Å². The molecular formula is C13H21NO2. The molecule has 1 rings (SSSR count). The molecule has 3 heteroatoms. The van der Waals surface area contributed by atoms with Crippen molar-refractivity contribution in [2.75, 3.05) is 13.2 Å². The van der Waals surface area contributed by atoms with Crippen molar-refractivity contribution >= 4 is 6.29 Å². The van der Waals surface area contributed by atoms with Gasteiger partial charge in [-0.05, 0) is 25.8 Å². The molecule has 0 radical (unpaired) electrons. The van der Waals surface area contributed by atoms with Gasteiger partial charge in [0.2, 0.25) is 0 Å². The van der Waals surface area contributed by atoms with E-state index in [-0.39, 0.29) is 0 Å². The quantitative estimate of drug-likeness (QED) is 0.548. The average molecular weight is 223 g/mol. The average Bonchev–Trinajstić information content (AvgIpc) is 2.50. The molecule has 1 aromatic rings. The highest BCUT2D eigenvalue weighted by atomic mass is 16.5. The molecule has 3 nitrogen and oxygen atoms in total. The number of carbonyl (C=O) groups is 1. The van der Waals surface area contributed by atoms with Crippen molar-refractivity contribution in [2.45, 2.75) is 34.2 Å². The Bertz CT molecular complexity index is 353. The molecule has 90 valence electrons. The van der Waals surface area contributed by atoms with Crippen LogP contribution in [0.2, 0.25) is 0 Å². The molecule has 0 amide bonds. The summed E-state index contributed by atoms with van der Waals surface area (Å²) < 4.78 is 7.67. The van der Waals surface area contributed by atoms with Gasteiger partial charge in [-0.15, -0.1) is 0 Å². The number of hydrogen-bond donors (Lipinski definition) is 0. The second-order valence-corrected chi connectivity index (χ2v) is 4.56. The number of nitrogens with zero attached hydrogens (tertiary/aromatic N) is 1. The van der Waals surface area contributed by atoms with E-state index in [0.717, 1.165) is 36.4 Å². The van der Waals surface area contributed by atoms with Crippen LogP contribution in [0.1, 0.15) is 35.6 Å². The first-order valence-electron chi connectivity index (χ1n) is 5.76. The monoisotopic (exact) mass is 223 g/mol. The van der Waals surface area contributed by atoms with Crippen molar-refractivity contribution in [2.24, 2.45) is 5.92 Å². The summed E-state index contributed by atoms with van der Waals surface area (Å²) >= 11 is 0. The number of carbonyl (C=O) groups excluding carboxylic acids is 1. The van der Waals surface area contributed by atoms with E-state index in [0.29, 0.717) is 12.5 Å². The summed E-state index contributed by atoms with van der Waals surface area (Å²) in [6, 6.07) is 1.92. The van der Waals surface area contributed by atoms with Crippen molar-refractivity contribution in [1.82, 2.24) is 4.57 Å². The highest BCUT2D eigenvalue weighted by Crippen LogP contribution is 2.12. The van der Waals surface area contributed by atoms with E-state index in [2.05, 4.69) is 18.4 Å². The van der Waals surface area contributed by atoms with Gasteiger partial charge < -0.3 is 9.30 Å². The number of aromatic nitrogens is 1. The highest BCUT2D eigenvalue weighted by molar-refractivity contribution is 5.77. The van der Waals surface area contributed by atoms with Crippen molar-refractivity contribution < 1.29 is 9.53 Å². The Morgan fingerprint density at radius 1 is 1.44 bits per heavy atom. The lowest BCUT2D eigenvalue weighted by Crippen LogP contribution is -2.11. The molecule has 0 aromatic carbocycles. The summed E-state index contributed by atoms with van der Waals surface area (Å²) in [6.07, 6.45) is 0.911. The van der Waals surface area contributed by atoms with Gasteiger partial charge in [0.05, 0.1) is 6.61 Å². The summed E-state index contributed by atoms with van der Waals surface area (Å²) in [5.41, 5.74) is 2.93. The number of rotatable bonds is 6. The Hall–Kier alpha value is -1.09. The Kier molecular flexibility index (Phi) is 4.74. The van der Waals surface area contributed by atoms with Gasteiger partial charge in [0.15, 0.2) is 6.29 Å². The fraction of sp³-hybridized carbons (Fsp3) is 0.615. The third-order valence-electron chi connectivity index (χ3n) is 2.65. The lowest BCUT2D eigenvalue weighted by molar-refractivity contribution is 0.102. The minimum atomic E-state index is 0.567. The zero-order valence-corrected chi connectivity index (χ0v) is 10.6. The summed E-state index contributed by atoms with van der Waals surface area (Å²) in [7, 11) is 0. The molecule has 1 heterocycles. The molecule has 0 aliphatic heterocycles. The van der Waals surface area contributed by atoms with E-state index in [9.17, 15) is 4.79 Å². The van der Waals surface area contributed by atoms with Gasteiger partial charge >= 0.3 is 0 Å². The van der Waals surface area contributed by atoms with E-state index < -0.39 is 0 Å². The molecule has 0 N–H and O–H groups in total. The minimum absolute atomic E-state index is 0.567. The van der Waals surface area contributed by atoms with E-state index in [1.54, 1.807) is 0 Å². The Morgan fingerprint density at radius 3 is 2.62 bits per heavy atom. The van der Waals surface area contributed by atoms with Crippen LogP contribution in [0.3, 0.4) is 0 Å². The topological polar surface area (TPSA) is 31.2 Å². The van der Waals surface area contributed by atoms with E-state index >= 15 is 0 Å². The lowest BCUT2D eigenvalue weighted by atomic mass is 10.2. The van der Waals surface area contributed by atoms with E-state index in [1.807, 2.05) is 19.9 Å². The summed E-state index contributed by atoms with van der Waals surface area (Å²) in [5, 5.41) is 0. The fourth-order valence-electron chi connectivity index (χ4n) is 1.77. The molecule has 0 saturated carbocycles. The van der Waals surface area contributed by atoms with Crippen LogP contribution in [-0.2, 0) is 11.3 Å². The molecule has 0 atom stereocenters. The maximum atomic E-state index is 10.8.